The van der Waals surface area contributed by atoms with E-state index in [0.29, 0.717) is 11.2 Å². The van der Waals surface area contributed by atoms with Crippen LogP contribution < -0.4 is 9.73 Å². The number of anilines is 1. The maximum Gasteiger partial charge on any atom is 0.264 e. The van der Waals surface area contributed by atoms with Crippen molar-refractivity contribution in [2.75, 3.05) is 18.4 Å². The Morgan fingerprint density at radius 2 is 1.70 bits per heavy atom. The average molecular weight is 532 g/mol. The fraction of sp³-hybridized carbons (Fsp3) is 0.333. The Hall–Kier alpha value is -2.65. The molecule has 1 aliphatic carbocycles. The second-order valence-electron chi connectivity index (χ2n) is 8.40. The lowest BCUT2D eigenvalue weighted by Crippen LogP contribution is -2.40. The van der Waals surface area contributed by atoms with E-state index in [2.05, 4.69) is 20.9 Å². The van der Waals surface area contributed by atoms with Crippen LogP contribution in [-0.4, -0.2) is 44.3 Å². The van der Waals surface area contributed by atoms with Crippen molar-refractivity contribution in [2.45, 2.75) is 43.0 Å². The molecule has 1 N–H and O–H groups in total. The van der Waals surface area contributed by atoms with E-state index in [-0.39, 0.29) is 27.8 Å². The highest BCUT2D eigenvalue weighted by atomic mass is 79.9. The van der Waals surface area contributed by atoms with E-state index in [1.165, 1.54) is 36.1 Å². The summed E-state index contributed by atoms with van der Waals surface area (Å²) in [5, 5.41) is 0.170. The van der Waals surface area contributed by atoms with Crippen molar-refractivity contribution in [3.8, 4) is 0 Å². The van der Waals surface area contributed by atoms with Crippen molar-refractivity contribution in [3.63, 3.8) is 0 Å². The highest BCUT2D eigenvalue weighted by molar-refractivity contribution is 9.10. The molecular formula is C24H26BrN3O4S. The summed E-state index contributed by atoms with van der Waals surface area (Å²) in [4.78, 5) is 30.9. The Bertz CT molecular complexity index is 1350. The Morgan fingerprint density at radius 1 is 1.03 bits per heavy atom. The molecule has 0 bridgehead atoms. The Balaban J connectivity index is 1.71. The van der Waals surface area contributed by atoms with Gasteiger partial charge in [0.15, 0.2) is 0 Å². The summed E-state index contributed by atoms with van der Waals surface area (Å²) < 4.78 is 28.5. The number of aromatic nitrogens is 1. The molecule has 7 nitrogen and oxygen atoms in total. The molecule has 1 amide bonds. The summed E-state index contributed by atoms with van der Waals surface area (Å²) >= 11 is 3.34. The second kappa shape index (κ2) is 9.30. The van der Waals surface area contributed by atoms with Crippen molar-refractivity contribution in [2.24, 2.45) is 0 Å². The van der Waals surface area contributed by atoms with Gasteiger partial charge in [-0.15, -0.1) is 0 Å². The minimum Gasteiger partial charge on any atom is -0.360 e. The van der Waals surface area contributed by atoms with Gasteiger partial charge in [0.2, 0.25) is 5.43 Å². The third-order valence-corrected chi connectivity index (χ3v) is 8.68. The van der Waals surface area contributed by atoms with Gasteiger partial charge in [-0.05, 0) is 55.3 Å². The van der Waals surface area contributed by atoms with Crippen LogP contribution in [0.2, 0.25) is 0 Å². The number of H-pyrrole nitrogens is 1. The first kappa shape index (κ1) is 23.5. The summed E-state index contributed by atoms with van der Waals surface area (Å²) in [5.74, 6) is -0.342. The number of carbonyl (C=O) groups excluding carboxylic acids is 1. The summed E-state index contributed by atoms with van der Waals surface area (Å²) in [7, 11) is -0.713. The largest absolute Gasteiger partial charge is 0.360 e. The van der Waals surface area contributed by atoms with E-state index in [4.69, 9.17) is 0 Å². The van der Waals surface area contributed by atoms with Gasteiger partial charge in [-0.1, -0.05) is 35.2 Å². The molecule has 0 spiro atoms. The minimum atomic E-state index is -3.91. The van der Waals surface area contributed by atoms with Gasteiger partial charge in [0.1, 0.15) is 5.56 Å². The summed E-state index contributed by atoms with van der Waals surface area (Å²) in [6.07, 6.45) is 6.60. The summed E-state index contributed by atoms with van der Waals surface area (Å²) in [6, 6.07) is 11.4. The number of carbonyl (C=O) groups is 1. The van der Waals surface area contributed by atoms with Crippen molar-refractivity contribution < 1.29 is 13.2 Å². The van der Waals surface area contributed by atoms with E-state index in [1.807, 2.05) is 0 Å². The van der Waals surface area contributed by atoms with E-state index < -0.39 is 15.5 Å². The van der Waals surface area contributed by atoms with E-state index in [1.54, 1.807) is 42.3 Å². The maximum atomic E-state index is 13.2. The molecule has 4 rings (SSSR count). The fourth-order valence-electron chi connectivity index (χ4n) is 4.29. The standard InChI is InChI=1S/C24H26BrN3O4S/c1-27(17-6-4-3-5-7-17)24(30)21-15-26-22-13-12-19(14-20(22)23(21)29)33(31,32)28(2)18-10-8-16(25)9-11-18/h8-15,17H,3-7H2,1-2H3,(H,26,29). The predicted octanol–water partition coefficient (Wildman–Crippen LogP) is 4.52. The van der Waals surface area contributed by atoms with Gasteiger partial charge in [-0.2, -0.15) is 0 Å². The number of fused-ring (bicyclic) bond motifs is 1. The Labute approximate surface area is 201 Å². The van der Waals surface area contributed by atoms with Gasteiger partial charge in [0.05, 0.1) is 10.6 Å². The molecule has 33 heavy (non-hydrogen) atoms. The highest BCUT2D eigenvalue weighted by Gasteiger charge is 2.26. The van der Waals surface area contributed by atoms with Crippen molar-refractivity contribution >= 4 is 48.5 Å². The average Bonchev–Trinajstić information content (AvgIpc) is 2.84. The number of nitrogens with zero attached hydrogens (tertiary/aromatic N) is 2. The number of amides is 1. The smallest absolute Gasteiger partial charge is 0.264 e. The molecule has 9 heteroatoms. The number of pyridine rings is 1. The summed E-state index contributed by atoms with van der Waals surface area (Å²) in [6.45, 7) is 0. The van der Waals surface area contributed by atoms with Crippen LogP contribution in [0.4, 0.5) is 5.69 Å². The molecule has 174 valence electrons. The lowest BCUT2D eigenvalue weighted by atomic mass is 9.94. The number of benzene rings is 2. The SMILES string of the molecule is CN(C(=O)c1c[nH]c2ccc(S(=O)(=O)N(C)c3ccc(Br)cc3)cc2c1=O)C1CCCCC1. The van der Waals surface area contributed by atoms with Crippen LogP contribution in [-0.2, 0) is 10.0 Å². The quantitative estimate of drug-likeness (QED) is 0.523. The zero-order chi connectivity index (χ0) is 23.8. The first-order valence-electron chi connectivity index (χ1n) is 10.9. The Morgan fingerprint density at radius 3 is 2.36 bits per heavy atom. The molecule has 0 saturated heterocycles. The van der Waals surface area contributed by atoms with Crippen LogP contribution in [0.15, 0.2) is 62.8 Å². The Kier molecular flexibility index (Phi) is 6.63. The van der Waals surface area contributed by atoms with Gasteiger partial charge < -0.3 is 9.88 Å². The normalized spacial score (nSPS) is 14.9. The fourth-order valence-corrected chi connectivity index (χ4v) is 5.78. The van der Waals surface area contributed by atoms with Crippen LogP contribution in [0.5, 0.6) is 0 Å². The second-order valence-corrected chi connectivity index (χ2v) is 11.3. The molecule has 1 aliphatic rings. The third-order valence-electron chi connectivity index (χ3n) is 6.37. The van der Waals surface area contributed by atoms with Crippen LogP contribution in [0.3, 0.4) is 0 Å². The third kappa shape index (κ3) is 4.56. The number of rotatable bonds is 5. The number of halogens is 1. The lowest BCUT2D eigenvalue weighted by Gasteiger charge is -2.31. The number of aromatic amines is 1. The first-order chi connectivity index (χ1) is 15.7. The van der Waals surface area contributed by atoms with Gasteiger partial charge >= 0.3 is 0 Å². The van der Waals surface area contributed by atoms with E-state index in [9.17, 15) is 18.0 Å². The van der Waals surface area contributed by atoms with Crippen LogP contribution in [0.25, 0.3) is 10.9 Å². The molecule has 0 radical (unpaired) electrons. The maximum absolute atomic E-state index is 13.2. The highest BCUT2D eigenvalue weighted by Crippen LogP contribution is 2.26. The van der Waals surface area contributed by atoms with Gasteiger partial charge in [0.25, 0.3) is 15.9 Å². The minimum absolute atomic E-state index is 0.0175. The molecule has 1 fully saturated rings. The molecule has 3 aromatic rings. The van der Waals surface area contributed by atoms with Crippen molar-refractivity contribution in [1.82, 2.24) is 9.88 Å². The molecule has 0 aliphatic heterocycles. The molecule has 1 aromatic heterocycles. The number of hydrogen-bond acceptors (Lipinski definition) is 4. The molecule has 1 heterocycles. The van der Waals surface area contributed by atoms with Crippen molar-refractivity contribution in [1.29, 1.82) is 0 Å². The topological polar surface area (TPSA) is 90.6 Å². The van der Waals surface area contributed by atoms with Crippen molar-refractivity contribution in [3.05, 3.63) is 68.9 Å². The first-order valence-corrected chi connectivity index (χ1v) is 13.1. The monoisotopic (exact) mass is 531 g/mol. The zero-order valence-corrected chi connectivity index (χ0v) is 20.9. The van der Waals surface area contributed by atoms with Crippen LogP contribution in [0, 0.1) is 0 Å². The predicted molar refractivity (Wildman–Crippen MR) is 133 cm³/mol. The molecule has 0 unspecified atom stereocenters. The van der Waals surface area contributed by atoms with Crippen LogP contribution >= 0.6 is 15.9 Å². The van der Waals surface area contributed by atoms with Gasteiger partial charge in [-0.25, -0.2) is 8.42 Å². The zero-order valence-electron chi connectivity index (χ0n) is 18.5. The number of hydrogen-bond donors (Lipinski definition) is 1. The number of nitrogens with one attached hydrogen (secondary N) is 1. The molecule has 0 atom stereocenters. The summed E-state index contributed by atoms with van der Waals surface area (Å²) in [5.41, 5.74) is 0.512. The van der Waals surface area contributed by atoms with Crippen LogP contribution in [0.1, 0.15) is 42.5 Å². The van der Waals surface area contributed by atoms with Gasteiger partial charge in [-0.3, -0.25) is 13.9 Å². The molecule has 2 aromatic carbocycles. The molecule has 1 saturated carbocycles. The lowest BCUT2D eigenvalue weighted by molar-refractivity contribution is 0.0695. The van der Waals surface area contributed by atoms with Gasteiger partial charge in [0, 0.05) is 41.7 Å². The number of sulfonamides is 1. The van der Waals surface area contributed by atoms with E-state index in [0.717, 1.165) is 30.2 Å². The molecular weight excluding hydrogens is 506 g/mol. The van der Waals surface area contributed by atoms with E-state index >= 15 is 0 Å².